The number of aliphatic imine (C=N–C) groups is 1. The number of benzene rings is 2. The van der Waals surface area contributed by atoms with Crippen molar-refractivity contribution in [2.45, 2.75) is 44.8 Å². The third-order valence-electron chi connectivity index (χ3n) is 5.66. The molecule has 2 atom stereocenters. The normalized spacial score (nSPS) is 17.2. The number of rotatable bonds is 5. The van der Waals surface area contributed by atoms with Crippen LogP contribution in [0.1, 0.15) is 42.5 Å². The Morgan fingerprint density at radius 1 is 0.973 bits per heavy atom. The number of hydrogen-bond donors (Lipinski definition) is 2. The molecule has 4 nitrogen and oxygen atoms in total. The van der Waals surface area contributed by atoms with E-state index in [4.69, 9.17) is 17.0 Å². The molecule has 0 radical (unpaired) electrons. The Kier molecular flexibility index (Phi) is 8.01. The van der Waals surface area contributed by atoms with Crippen LogP contribution in [0.15, 0.2) is 41.4 Å². The smallest absolute Gasteiger partial charge is 0.417 e. The maximum Gasteiger partial charge on any atom is 0.417 e. The van der Waals surface area contributed by atoms with Crippen molar-refractivity contribution in [1.29, 1.82) is 0 Å². The molecule has 202 valence electrons. The van der Waals surface area contributed by atoms with Gasteiger partial charge in [-0.25, -0.2) is 4.99 Å². The van der Waals surface area contributed by atoms with Crippen LogP contribution >= 0.6 is 12.2 Å². The third-order valence-corrected chi connectivity index (χ3v) is 5.86. The molecule has 0 bridgehead atoms. The average Bonchev–Trinajstić information content (AvgIpc) is 3.26. The second-order valence-corrected chi connectivity index (χ2v) is 8.71. The zero-order valence-electron chi connectivity index (χ0n) is 19.2. The van der Waals surface area contributed by atoms with Gasteiger partial charge in [0.1, 0.15) is 6.61 Å². The van der Waals surface area contributed by atoms with E-state index < -0.39 is 63.5 Å². The van der Waals surface area contributed by atoms with Crippen LogP contribution in [0.5, 0.6) is 0 Å². The van der Waals surface area contributed by atoms with Crippen molar-refractivity contribution in [3.63, 3.8) is 0 Å². The fourth-order valence-electron chi connectivity index (χ4n) is 3.51. The summed E-state index contributed by atoms with van der Waals surface area (Å²) in [6, 6.07) is 3.56. The molecular weight excluding hydrogens is 537 g/mol. The minimum absolute atomic E-state index is 0.0494. The highest BCUT2D eigenvalue weighted by atomic mass is 32.1. The highest BCUT2D eigenvalue weighted by Gasteiger charge is 2.42. The van der Waals surface area contributed by atoms with Gasteiger partial charge in [0.05, 0.1) is 34.0 Å². The Bertz CT molecular complexity index is 1190. The summed E-state index contributed by atoms with van der Waals surface area (Å²) in [5.41, 5.74) is -6.03. The van der Waals surface area contributed by atoms with Crippen LogP contribution in [-0.2, 0) is 23.3 Å². The summed E-state index contributed by atoms with van der Waals surface area (Å²) in [5, 5.41) is 4.05. The quantitative estimate of drug-likeness (QED) is 0.292. The summed E-state index contributed by atoms with van der Waals surface area (Å²) >= 11 is 5.00. The zero-order chi connectivity index (χ0) is 27.8. The first kappa shape index (κ1) is 28.5. The van der Waals surface area contributed by atoms with Gasteiger partial charge in [0.25, 0.3) is 0 Å². The van der Waals surface area contributed by atoms with Gasteiger partial charge in [-0.05, 0) is 48.5 Å². The number of nitrogens with one attached hydrogen (secondary N) is 2. The maximum absolute atomic E-state index is 14.0. The molecule has 0 fully saturated rings. The first-order chi connectivity index (χ1) is 17.0. The van der Waals surface area contributed by atoms with Gasteiger partial charge in [0.2, 0.25) is 5.90 Å². The summed E-state index contributed by atoms with van der Waals surface area (Å²) in [7, 11) is 0. The van der Waals surface area contributed by atoms with E-state index in [9.17, 15) is 39.5 Å². The number of ether oxygens (including phenoxy) is 1. The molecule has 1 unspecified atom stereocenters. The Balaban J connectivity index is 2.08. The molecule has 1 aliphatic rings. The van der Waals surface area contributed by atoms with Crippen LogP contribution in [0.4, 0.5) is 50.9 Å². The van der Waals surface area contributed by atoms with E-state index in [1.807, 2.05) is 6.92 Å². The molecule has 2 aromatic rings. The molecule has 0 aromatic heterocycles. The summed E-state index contributed by atoms with van der Waals surface area (Å²) < 4.78 is 127. The highest BCUT2D eigenvalue weighted by molar-refractivity contribution is 7.80. The van der Waals surface area contributed by atoms with Crippen LogP contribution in [0.2, 0.25) is 0 Å². The molecule has 37 heavy (non-hydrogen) atoms. The van der Waals surface area contributed by atoms with E-state index >= 15 is 0 Å². The van der Waals surface area contributed by atoms with Crippen molar-refractivity contribution >= 4 is 34.6 Å². The highest BCUT2D eigenvalue weighted by Crippen LogP contribution is 2.42. The molecule has 14 heteroatoms. The summed E-state index contributed by atoms with van der Waals surface area (Å²) in [6.07, 6.45) is -14.4. The molecule has 2 aromatic carbocycles. The predicted octanol–water partition coefficient (Wildman–Crippen LogP) is 7.74. The summed E-state index contributed by atoms with van der Waals surface area (Å²) in [6.45, 7) is 3.56. The number of anilines is 2. The van der Waals surface area contributed by atoms with Crippen LogP contribution in [0.3, 0.4) is 0 Å². The van der Waals surface area contributed by atoms with Crippen LogP contribution < -0.4 is 10.6 Å². The molecule has 3 rings (SSSR count). The average molecular weight is 557 g/mol. The van der Waals surface area contributed by atoms with Crippen LogP contribution in [0, 0.1) is 5.92 Å². The first-order valence-corrected chi connectivity index (χ1v) is 11.2. The van der Waals surface area contributed by atoms with Gasteiger partial charge < -0.3 is 15.4 Å². The minimum Gasteiger partial charge on any atom is -0.475 e. The second-order valence-electron chi connectivity index (χ2n) is 8.30. The largest absolute Gasteiger partial charge is 0.475 e. The Morgan fingerprint density at radius 2 is 1.62 bits per heavy atom. The molecule has 2 N–H and O–H groups in total. The van der Waals surface area contributed by atoms with E-state index in [0.717, 1.165) is 12.1 Å². The lowest BCUT2D eigenvalue weighted by atomic mass is 9.99. The number of nitrogens with zero attached hydrogens (tertiary/aromatic N) is 1. The van der Waals surface area contributed by atoms with E-state index in [1.165, 1.54) is 6.07 Å². The monoisotopic (exact) mass is 557 g/mol. The third kappa shape index (κ3) is 6.84. The molecular formula is C23H20F9N3OS. The number of halogens is 9. The number of thiocarbonyl (C=S) groups is 1. The molecule has 0 amide bonds. The van der Waals surface area contributed by atoms with Crippen molar-refractivity contribution in [3.05, 3.63) is 58.7 Å². The molecule has 0 spiro atoms. The fourth-order valence-corrected chi connectivity index (χ4v) is 3.73. The zero-order valence-corrected chi connectivity index (χ0v) is 20.0. The number of hydrogen-bond acceptors (Lipinski definition) is 3. The van der Waals surface area contributed by atoms with Crippen molar-refractivity contribution < 1.29 is 44.3 Å². The second kappa shape index (κ2) is 10.4. The lowest BCUT2D eigenvalue weighted by Crippen LogP contribution is -2.24. The predicted molar refractivity (Wildman–Crippen MR) is 123 cm³/mol. The Morgan fingerprint density at radius 3 is 2.19 bits per heavy atom. The lowest BCUT2D eigenvalue weighted by Gasteiger charge is -2.21. The lowest BCUT2D eigenvalue weighted by molar-refractivity contribution is -0.143. The van der Waals surface area contributed by atoms with Crippen LogP contribution in [0.25, 0.3) is 0 Å². The van der Waals surface area contributed by atoms with E-state index in [2.05, 4.69) is 15.6 Å². The van der Waals surface area contributed by atoms with E-state index in [1.54, 1.807) is 6.92 Å². The molecule has 1 aliphatic heterocycles. The van der Waals surface area contributed by atoms with Gasteiger partial charge in [-0.15, -0.1) is 0 Å². The molecule has 0 aliphatic carbocycles. The summed E-state index contributed by atoms with van der Waals surface area (Å²) in [4.78, 5) is 4.17. The van der Waals surface area contributed by atoms with Gasteiger partial charge in [-0.3, -0.25) is 0 Å². The number of alkyl halides is 9. The van der Waals surface area contributed by atoms with Crippen LogP contribution in [-0.4, -0.2) is 23.7 Å². The molecule has 0 saturated carbocycles. The van der Waals surface area contributed by atoms with Gasteiger partial charge in [-0.2, -0.15) is 39.5 Å². The van der Waals surface area contributed by atoms with Gasteiger partial charge >= 0.3 is 18.5 Å². The first-order valence-electron chi connectivity index (χ1n) is 10.8. The topological polar surface area (TPSA) is 45.6 Å². The molecule has 0 saturated heterocycles. The Hall–Kier alpha value is -3.03. The van der Waals surface area contributed by atoms with Gasteiger partial charge in [0.15, 0.2) is 5.11 Å². The SMILES string of the molecule is CCC(C)[C@H]1COC(c2c(NC(=S)Nc3cccc(C(F)(F)F)c3)cc(C(F)(F)F)cc2C(F)(F)F)=N1. The molecule has 1 heterocycles. The minimum atomic E-state index is -5.23. The Labute approximate surface area is 210 Å². The fraction of sp³-hybridized carbons (Fsp3) is 0.391. The standard InChI is InChI=1S/C23H20F9N3OS/c1-3-11(2)17-10-36-19(34-17)18-15(23(30,31)32)8-13(22(27,28)29)9-16(18)35-20(37)33-14-6-4-5-12(7-14)21(24,25)26/h4-9,11,17H,3,10H2,1-2H3,(H2,33,35,37)/t11?,17-/m1/s1. The maximum atomic E-state index is 14.0. The van der Waals surface area contributed by atoms with Crippen molar-refractivity contribution in [2.24, 2.45) is 10.9 Å². The van der Waals surface area contributed by atoms with Crippen molar-refractivity contribution in [2.75, 3.05) is 17.2 Å². The van der Waals surface area contributed by atoms with E-state index in [-0.39, 0.29) is 24.3 Å². The van der Waals surface area contributed by atoms with Gasteiger partial charge in [0, 0.05) is 5.69 Å². The van der Waals surface area contributed by atoms with E-state index in [0.29, 0.717) is 18.6 Å². The summed E-state index contributed by atoms with van der Waals surface area (Å²) in [5.74, 6) is -0.600. The van der Waals surface area contributed by atoms with Gasteiger partial charge in [-0.1, -0.05) is 26.3 Å². The van der Waals surface area contributed by atoms with Crippen molar-refractivity contribution in [1.82, 2.24) is 0 Å². The van der Waals surface area contributed by atoms with Crippen molar-refractivity contribution in [3.8, 4) is 0 Å².